The maximum atomic E-state index is 12.8. The molecule has 0 radical (unpaired) electrons. The SMILES string of the molecule is O=C(c1ccc2ccccc2c1)N1CCC(O)(C(F)(F)F)CC1. The Morgan fingerprint density at radius 1 is 1.04 bits per heavy atom. The number of fused-ring (bicyclic) bond motifs is 1. The molecule has 0 spiro atoms. The van der Waals surface area contributed by atoms with Crippen molar-refractivity contribution in [2.45, 2.75) is 24.6 Å². The number of piperidine rings is 1. The van der Waals surface area contributed by atoms with Gasteiger partial charge in [0.15, 0.2) is 5.60 Å². The Bertz CT molecular complexity index is 734. The van der Waals surface area contributed by atoms with Gasteiger partial charge in [-0.1, -0.05) is 30.3 Å². The Morgan fingerprint density at radius 2 is 1.65 bits per heavy atom. The summed E-state index contributed by atoms with van der Waals surface area (Å²) in [4.78, 5) is 13.8. The molecular formula is C17H16F3NO2. The molecule has 1 aliphatic heterocycles. The fourth-order valence-electron chi connectivity index (χ4n) is 2.87. The number of benzene rings is 2. The lowest BCUT2D eigenvalue weighted by Crippen LogP contribution is -2.54. The molecule has 1 N–H and O–H groups in total. The van der Waals surface area contributed by atoms with Crippen LogP contribution in [-0.4, -0.2) is 40.8 Å². The zero-order valence-electron chi connectivity index (χ0n) is 12.3. The van der Waals surface area contributed by atoms with Crippen LogP contribution in [0.15, 0.2) is 42.5 Å². The fraction of sp³-hybridized carbons (Fsp3) is 0.353. The Balaban J connectivity index is 1.76. The summed E-state index contributed by atoms with van der Waals surface area (Å²) in [5, 5.41) is 11.6. The molecule has 1 aliphatic rings. The summed E-state index contributed by atoms with van der Waals surface area (Å²) in [5.41, 5.74) is -2.24. The predicted molar refractivity (Wildman–Crippen MR) is 80.1 cm³/mol. The number of carbonyl (C=O) groups excluding carboxylic acids is 1. The van der Waals surface area contributed by atoms with Gasteiger partial charge >= 0.3 is 6.18 Å². The van der Waals surface area contributed by atoms with Crippen LogP contribution in [-0.2, 0) is 0 Å². The van der Waals surface area contributed by atoms with E-state index in [1.165, 1.54) is 4.90 Å². The summed E-state index contributed by atoms with van der Waals surface area (Å²) >= 11 is 0. The molecule has 1 heterocycles. The van der Waals surface area contributed by atoms with Crippen LogP contribution in [0, 0.1) is 0 Å². The molecule has 3 nitrogen and oxygen atoms in total. The normalized spacial score (nSPS) is 18.2. The van der Waals surface area contributed by atoms with Crippen LogP contribution in [0.2, 0.25) is 0 Å². The molecule has 1 fully saturated rings. The summed E-state index contributed by atoms with van der Waals surface area (Å²) in [6.45, 7) is -0.219. The maximum absolute atomic E-state index is 12.8. The molecule has 0 atom stereocenters. The molecule has 6 heteroatoms. The number of carbonyl (C=O) groups is 1. The minimum absolute atomic E-state index is 0.109. The maximum Gasteiger partial charge on any atom is 0.417 e. The van der Waals surface area contributed by atoms with Crippen molar-refractivity contribution < 1.29 is 23.1 Å². The van der Waals surface area contributed by atoms with E-state index in [0.29, 0.717) is 5.56 Å². The molecule has 0 saturated carbocycles. The molecule has 2 aromatic carbocycles. The van der Waals surface area contributed by atoms with Crippen LogP contribution in [0.5, 0.6) is 0 Å². The Morgan fingerprint density at radius 3 is 2.26 bits per heavy atom. The van der Waals surface area contributed by atoms with Gasteiger partial charge in [0.05, 0.1) is 0 Å². The van der Waals surface area contributed by atoms with E-state index >= 15 is 0 Å². The van der Waals surface area contributed by atoms with Crippen molar-refractivity contribution in [3.8, 4) is 0 Å². The molecule has 0 aliphatic carbocycles. The average Bonchev–Trinajstić information content (AvgIpc) is 2.53. The van der Waals surface area contributed by atoms with Gasteiger partial charge in [-0.2, -0.15) is 13.2 Å². The number of aliphatic hydroxyl groups is 1. The van der Waals surface area contributed by atoms with E-state index < -0.39 is 24.6 Å². The van der Waals surface area contributed by atoms with Gasteiger partial charge in [0.25, 0.3) is 5.91 Å². The number of hydrogen-bond donors (Lipinski definition) is 1. The van der Waals surface area contributed by atoms with Crippen LogP contribution in [0.1, 0.15) is 23.2 Å². The van der Waals surface area contributed by atoms with E-state index in [1.807, 2.05) is 30.3 Å². The lowest BCUT2D eigenvalue weighted by Gasteiger charge is -2.39. The van der Waals surface area contributed by atoms with Crippen molar-refractivity contribution in [1.82, 2.24) is 4.90 Å². The first-order chi connectivity index (χ1) is 10.8. The summed E-state index contributed by atoms with van der Waals surface area (Å²) < 4.78 is 38.4. The molecular weight excluding hydrogens is 307 g/mol. The molecule has 3 rings (SSSR count). The zero-order valence-corrected chi connectivity index (χ0v) is 12.3. The number of alkyl halides is 3. The summed E-state index contributed by atoms with van der Waals surface area (Å²) in [5.74, 6) is -0.306. The second kappa shape index (κ2) is 5.53. The lowest BCUT2D eigenvalue weighted by molar-refractivity contribution is -0.271. The molecule has 23 heavy (non-hydrogen) atoms. The second-order valence-electron chi connectivity index (χ2n) is 5.88. The molecule has 122 valence electrons. The zero-order chi connectivity index (χ0) is 16.7. The number of likely N-dealkylation sites (tertiary alicyclic amines) is 1. The highest BCUT2D eigenvalue weighted by Crippen LogP contribution is 2.38. The van der Waals surface area contributed by atoms with Gasteiger partial charge < -0.3 is 10.0 Å². The number of nitrogens with zero attached hydrogens (tertiary/aromatic N) is 1. The predicted octanol–water partition coefficient (Wildman–Crippen LogP) is 3.37. The first-order valence-electron chi connectivity index (χ1n) is 7.37. The summed E-state index contributed by atoms with van der Waals surface area (Å²) in [6, 6.07) is 12.8. The standard InChI is InChI=1S/C17H16F3NO2/c18-17(19,20)16(23)7-9-21(10-8-16)15(22)14-6-5-12-3-1-2-4-13(12)11-14/h1-6,11,23H,7-10H2. The van der Waals surface area contributed by atoms with E-state index in [1.54, 1.807) is 12.1 Å². The number of halogens is 3. The van der Waals surface area contributed by atoms with Crippen molar-refractivity contribution >= 4 is 16.7 Å². The highest BCUT2D eigenvalue weighted by Gasteiger charge is 2.54. The minimum Gasteiger partial charge on any atom is -0.380 e. The number of rotatable bonds is 1. The van der Waals surface area contributed by atoms with Crippen molar-refractivity contribution in [2.75, 3.05) is 13.1 Å². The summed E-state index contributed by atoms with van der Waals surface area (Å²) in [6.07, 6.45) is -5.64. The Kier molecular flexibility index (Phi) is 3.80. The van der Waals surface area contributed by atoms with Crippen LogP contribution in [0.3, 0.4) is 0 Å². The third-order valence-corrected chi connectivity index (χ3v) is 4.40. The average molecular weight is 323 g/mol. The van der Waals surface area contributed by atoms with Gasteiger partial charge in [-0.15, -0.1) is 0 Å². The highest BCUT2D eigenvalue weighted by atomic mass is 19.4. The third-order valence-electron chi connectivity index (χ3n) is 4.40. The van der Waals surface area contributed by atoms with Crippen molar-refractivity contribution in [2.24, 2.45) is 0 Å². The number of amides is 1. The van der Waals surface area contributed by atoms with E-state index in [9.17, 15) is 23.1 Å². The van der Waals surface area contributed by atoms with Gasteiger partial charge in [-0.3, -0.25) is 4.79 Å². The highest BCUT2D eigenvalue weighted by molar-refractivity contribution is 5.98. The van der Waals surface area contributed by atoms with E-state index in [4.69, 9.17) is 0 Å². The monoisotopic (exact) mass is 323 g/mol. The topological polar surface area (TPSA) is 40.5 Å². The van der Waals surface area contributed by atoms with Gasteiger partial charge in [0.2, 0.25) is 0 Å². The van der Waals surface area contributed by atoms with Gasteiger partial charge in [0.1, 0.15) is 0 Å². The minimum atomic E-state index is -4.66. The molecule has 2 aromatic rings. The molecule has 1 amide bonds. The number of hydrogen-bond acceptors (Lipinski definition) is 2. The summed E-state index contributed by atoms with van der Waals surface area (Å²) in [7, 11) is 0. The molecule has 0 unspecified atom stereocenters. The molecule has 1 saturated heterocycles. The third kappa shape index (κ3) is 2.91. The second-order valence-corrected chi connectivity index (χ2v) is 5.88. The van der Waals surface area contributed by atoms with Gasteiger partial charge in [-0.05, 0) is 22.9 Å². The van der Waals surface area contributed by atoms with Crippen LogP contribution < -0.4 is 0 Å². The first kappa shape index (κ1) is 15.8. The lowest BCUT2D eigenvalue weighted by atomic mass is 9.90. The van der Waals surface area contributed by atoms with Crippen LogP contribution in [0.4, 0.5) is 13.2 Å². The Labute approximate surface area is 131 Å². The van der Waals surface area contributed by atoms with Crippen LogP contribution in [0.25, 0.3) is 10.8 Å². The largest absolute Gasteiger partial charge is 0.417 e. The quantitative estimate of drug-likeness (QED) is 0.874. The van der Waals surface area contributed by atoms with Crippen molar-refractivity contribution in [1.29, 1.82) is 0 Å². The van der Waals surface area contributed by atoms with Crippen molar-refractivity contribution in [3.05, 3.63) is 48.0 Å². The van der Waals surface area contributed by atoms with Gasteiger partial charge in [-0.25, -0.2) is 0 Å². The Hall–Kier alpha value is -2.08. The van der Waals surface area contributed by atoms with E-state index in [-0.39, 0.29) is 19.0 Å². The smallest absolute Gasteiger partial charge is 0.380 e. The fourth-order valence-corrected chi connectivity index (χ4v) is 2.87. The van der Waals surface area contributed by atoms with E-state index in [2.05, 4.69) is 0 Å². The first-order valence-corrected chi connectivity index (χ1v) is 7.37. The van der Waals surface area contributed by atoms with Crippen LogP contribution >= 0.6 is 0 Å². The van der Waals surface area contributed by atoms with Crippen molar-refractivity contribution in [3.63, 3.8) is 0 Å². The van der Waals surface area contributed by atoms with E-state index in [0.717, 1.165) is 10.8 Å². The van der Waals surface area contributed by atoms with Gasteiger partial charge in [0, 0.05) is 31.5 Å². The molecule has 0 bridgehead atoms. The molecule has 0 aromatic heterocycles.